The lowest BCUT2D eigenvalue weighted by Gasteiger charge is -2.35. The Morgan fingerprint density at radius 3 is 2.29 bits per heavy atom. The van der Waals surface area contributed by atoms with Crippen molar-refractivity contribution in [1.82, 2.24) is 15.1 Å². The Bertz CT molecular complexity index is 487. The van der Waals surface area contributed by atoms with Crippen LogP contribution in [0.4, 0.5) is 0 Å². The molecule has 5 nitrogen and oxygen atoms in total. The molecule has 1 aliphatic carbocycles. The molecule has 136 valence electrons. The first-order chi connectivity index (χ1) is 11.2. The zero-order valence-corrected chi connectivity index (χ0v) is 15.3. The van der Waals surface area contributed by atoms with Gasteiger partial charge in [0.25, 0.3) is 0 Å². The van der Waals surface area contributed by atoms with Gasteiger partial charge in [-0.3, -0.25) is 9.59 Å². The Morgan fingerprint density at radius 2 is 1.58 bits per heavy atom. The second-order valence-corrected chi connectivity index (χ2v) is 8.02. The van der Waals surface area contributed by atoms with Crippen LogP contribution in [0.25, 0.3) is 0 Å². The van der Waals surface area contributed by atoms with Gasteiger partial charge < -0.3 is 15.1 Å². The molecule has 3 aliphatic heterocycles. The monoisotopic (exact) mass is 355 g/mol. The van der Waals surface area contributed by atoms with Crippen molar-refractivity contribution < 1.29 is 9.59 Å². The summed E-state index contributed by atoms with van der Waals surface area (Å²) in [4.78, 5) is 29.6. The lowest BCUT2D eigenvalue weighted by atomic mass is 9.90. The van der Waals surface area contributed by atoms with Crippen LogP contribution in [-0.2, 0) is 9.59 Å². The van der Waals surface area contributed by atoms with E-state index in [1.807, 2.05) is 9.80 Å². The highest BCUT2D eigenvalue weighted by Crippen LogP contribution is 2.59. The van der Waals surface area contributed by atoms with E-state index in [2.05, 4.69) is 5.32 Å². The van der Waals surface area contributed by atoms with Crippen molar-refractivity contribution in [2.24, 2.45) is 17.3 Å². The SMILES string of the molecule is Cl.O=C(C1CCCN(C(=O)C2CC23CCNCC3)C1)N1CCCC1. The predicted octanol–water partition coefficient (Wildman–Crippen LogP) is 1.66. The molecule has 0 aromatic rings. The largest absolute Gasteiger partial charge is 0.342 e. The average Bonchev–Trinajstić information content (AvgIpc) is 3.02. The van der Waals surface area contributed by atoms with Crippen LogP contribution in [0.5, 0.6) is 0 Å². The summed E-state index contributed by atoms with van der Waals surface area (Å²) in [5.74, 6) is 0.928. The topological polar surface area (TPSA) is 52.7 Å². The Morgan fingerprint density at radius 1 is 0.917 bits per heavy atom. The first kappa shape index (κ1) is 18.0. The van der Waals surface area contributed by atoms with Crippen molar-refractivity contribution in [3.8, 4) is 0 Å². The van der Waals surface area contributed by atoms with Crippen LogP contribution in [0.15, 0.2) is 0 Å². The summed E-state index contributed by atoms with van der Waals surface area (Å²) in [5, 5.41) is 3.40. The summed E-state index contributed by atoms with van der Waals surface area (Å²) in [6.45, 7) is 5.47. The molecule has 24 heavy (non-hydrogen) atoms. The number of nitrogens with one attached hydrogen (secondary N) is 1. The van der Waals surface area contributed by atoms with E-state index in [1.165, 1.54) is 0 Å². The van der Waals surface area contributed by atoms with Crippen molar-refractivity contribution in [3.05, 3.63) is 0 Å². The van der Waals surface area contributed by atoms with E-state index >= 15 is 0 Å². The third kappa shape index (κ3) is 3.30. The number of halogens is 1. The van der Waals surface area contributed by atoms with Gasteiger partial charge in [0.2, 0.25) is 11.8 Å². The van der Waals surface area contributed by atoms with Gasteiger partial charge in [-0.25, -0.2) is 0 Å². The van der Waals surface area contributed by atoms with Crippen LogP contribution in [-0.4, -0.2) is 60.9 Å². The Hall–Kier alpha value is -0.810. The zero-order chi connectivity index (χ0) is 15.9. The summed E-state index contributed by atoms with van der Waals surface area (Å²) in [6, 6.07) is 0. The van der Waals surface area contributed by atoms with E-state index in [1.54, 1.807) is 0 Å². The van der Waals surface area contributed by atoms with Gasteiger partial charge in [0, 0.05) is 32.1 Å². The van der Waals surface area contributed by atoms with Crippen LogP contribution in [0.3, 0.4) is 0 Å². The second kappa shape index (κ2) is 7.20. The quantitative estimate of drug-likeness (QED) is 0.819. The van der Waals surface area contributed by atoms with E-state index in [0.717, 1.165) is 77.7 Å². The lowest BCUT2D eigenvalue weighted by molar-refractivity contribution is -0.141. The third-order valence-corrected chi connectivity index (χ3v) is 6.59. The van der Waals surface area contributed by atoms with E-state index in [4.69, 9.17) is 0 Å². The van der Waals surface area contributed by atoms with Crippen LogP contribution in [0.1, 0.15) is 44.9 Å². The standard InChI is InChI=1S/C18H29N3O2.ClH/c22-16(20-9-1-2-10-20)14-4-3-11-21(13-14)17(23)15-12-18(15)5-7-19-8-6-18;/h14-15,19H,1-13H2;1H. The summed E-state index contributed by atoms with van der Waals surface area (Å²) in [6.07, 6.45) is 7.59. The van der Waals surface area contributed by atoms with Gasteiger partial charge in [0.15, 0.2) is 0 Å². The molecule has 2 unspecified atom stereocenters. The molecule has 4 rings (SSSR count). The molecular weight excluding hydrogens is 326 g/mol. The molecule has 4 aliphatic rings. The highest BCUT2D eigenvalue weighted by molar-refractivity contribution is 5.85. The highest BCUT2D eigenvalue weighted by Gasteiger charge is 2.58. The summed E-state index contributed by atoms with van der Waals surface area (Å²) in [7, 11) is 0. The fourth-order valence-electron chi connectivity index (χ4n) is 4.97. The molecule has 1 spiro atoms. The number of carbonyl (C=O) groups excluding carboxylic acids is 2. The molecule has 2 amide bonds. The number of amides is 2. The van der Waals surface area contributed by atoms with Crippen molar-refractivity contribution >= 4 is 24.2 Å². The molecular formula is C18H30ClN3O2. The number of likely N-dealkylation sites (tertiary alicyclic amines) is 2. The molecule has 0 radical (unpaired) electrons. The highest BCUT2D eigenvalue weighted by atomic mass is 35.5. The first-order valence-electron chi connectivity index (χ1n) is 9.48. The van der Waals surface area contributed by atoms with Crippen LogP contribution in [0, 0.1) is 17.3 Å². The van der Waals surface area contributed by atoms with Gasteiger partial charge in [-0.05, 0) is 63.5 Å². The Balaban J connectivity index is 0.00000169. The molecule has 2 atom stereocenters. The number of nitrogens with zero attached hydrogens (tertiary/aromatic N) is 2. The predicted molar refractivity (Wildman–Crippen MR) is 95.0 cm³/mol. The molecule has 1 N–H and O–H groups in total. The van der Waals surface area contributed by atoms with Crippen molar-refractivity contribution in [2.45, 2.75) is 44.9 Å². The van der Waals surface area contributed by atoms with Crippen LogP contribution < -0.4 is 5.32 Å². The maximum atomic E-state index is 12.9. The Kier molecular flexibility index (Phi) is 5.40. The zero-order valence-electron chi connectivity index (χ0n) is 14.5. The number of piperidine rings is 2. The fourth-order valence-corrected chi connectivity index (χ4v) is 4.97. The minimum absolute atomic E-state index is 0. The number of carbonyl (C=O) groups is 2. The molecule has 0 aromatic heterocycles. The average molecular weight is 356 g/mol. The maximum absolute atomic E-state index is 12.9. The second-order valence-electron chi connectivity index (χ2n) is 8.02. The summed E-state index contributed by atoms with van der Waals surface area (Å²) < 4.78 is 0. The van der Waals surface area contributed by atoms with Crippen LogP contribution >= 0.6 is 12.4 Å². The lowest BCUT2D eigenvalue weighted by Crippen LogP contribution is -2.47. The van der Waals surface area contributed by atoms with E-state index < -0.39 is 0 Å². The van der Waals surface area contributed by atoms with Crippen molar-refractivity contribution in [1.29, 1.82) is 0 Å². The first-order valence-corrected chi connectivity index (χ1v) is 9.48. The minimum atomic E-state index is 0. The van der Waals surface area contributed by atoms with Gasteiger partial charge in [-0.2, -0.15) is 0 Å². The molecule has 3 saturated heterocycles. The number of hydrogen-bond acceptors (Lipinski definition) is 3. The number of hydrogen-bond donors (Lipinski definition) is 1. The molecule has 4 fully saturated rings. The van der Waals surface area contributed by atoms with Crippen molar-refractivity contribution in [3.63, 3.8) is 0 Å². The van der Waals surface area contributed by atoms with Gasteiger partial charge in [0.05, 0.1) is 5.92 Å². The van der Waals surface area contributed by atoms with Gasteiger partial charge >= 0.3 is 0 Å². The van der Waals surface area contributed by atoms with Crippen molar-refractivity contribution in [2.75, 3.05) is 39.3 Å². The summed E-state index contributed by atoms with van der Waals surface area (Å²) >= 11 is 0. The van der Waals surface area contributed by atoms with E-state index in [9.17, 15) is 9.59 Å². The van der Waals surface area contributed by atoms with Gasteiger partial charge in [-0.1, -0.05) is 0 Å². The van der Waals surface area contributed by atoms with Gasteiger partial charge in [-0.15, -0.1) is 12.4 Å². The molecule has 0 aromatic carbocycles. The molecule has 0 bridgehead atoms. The summed E-state index contributed by atoms with van der Waals surface area (Å²) in [5.41, 5.74) is 0.300. The van der Waals surface area contributed by atoms with E-state index in [-0.39, 0.29) is 24.2 Å². The van der Waals surface area contributed by atoms with Gasteiger partial charge in [0.1, 0.15) is 0 Å². The maximum Gasteiger partial charge on any atom is 0.227 e. The van der Waals surface area contributed by atoms with Crippen LogP contribution in [0.2, 0.25) is 0 Å². The fraction of sp³-hybridized carbons (Fsp3) is 0.889. The smallest absolute Gasteiger partial charge is 0.227 e. The molecule has 6 heteroatoms. The molecule has 1 saturated carbocycles. The van der Waals surface area contributed by atoms with E-state index in [0.29, 0.717) is 23.8 Å². The minimum Gasteiger partial charge on any atom is -0.342 e. The molecule has 3 heterocycles. The number of rotatable bonds is 2. The normalized spacial score (nSPS) is 31.7. The Labute approximate surface area is 150 Å². The third-order valence-electron chi connectivity index (χ3n) is 6.59.